The second-order valence-electron chi connectivity index (χ2n) is 4.88. The number of hydrogen-bond donors (Lipinski definition) is 1. The van der Waals surface area contributed by atoms with Gasteiger partial charge in [-0.3, -0.25) is 4.79 Å². The highest BCUT2D eigenvalue weighted by Gasteiger charge is 2.15. The van der Waals surface area contributed by atoms with Gasteiger partial charge in [0.05, 0.1) is 0 Å². The van der Waals surface area contributed by atoms with Crippen molar-refractivity contribution in [1.82, 2.24) is 0 Å². The molecule has 0 radical (unpaired) electrons. The fourth-order valence-corrected chi connectivity index (χ4v) is 2.32. The van der Waals surface area contributed by atoms with Gasteiger partial charge >= 0.3 is 5.63 Å². The third-order valence-corrected chi connectivity index (χ3v) is 3.56. The number of fused-ring (bicyclic) bond motifs is 1. The van der Waals surface area contributed by atoms with Crippen LogP contribution in [0.2, 0.25) is 5.02 Å². The Labute approximate surface area is 136 Å². The van der Waals surface area contributed by atoms with Gasteiger partial charge in [0.25, 0.3) is 0 Å². The zero-order chi connectivity index (χ0) is 16.4. The van der Waals surface area contributed by atoms with E-state index in [0.717, 1.165) is 5.56 Å². The van der Waals surface area contributed by atoms with E-state index < -0.39 is 11.4 Å². The van der Waals surface area contributed by atoms with Crippen molar-refractivity contribution >= 4 is 34.4 Å². The highest BCUT2D eigenvalue weighted by Crippen LogP contribution is 2.27. The summed E-state index contributed by atoms with van der Waals surface area (Å²) in [5, 5.41) is 11.1. The number of halogens is 1. The molecule has 0 saturated heterocycles. The van der Waals surface area contributed by atoms with Gasteiger partial charge in [-0.05, 0) is 42.0 Å². The Bertz CT molecular complexity index is 968. The molecule has 0 aliphatic rings. The summed E-state index contributed by atoms with van der Waals surface area (Å²) >= 11 is 5.81. The van der Waals surface area contributed by atoms with Gasteiger partial charge in [-0.2, -0.15) is 0 Å². The molecule has 0 saturated carbocycles. The van der Waals surface area contributed by atoms with Crippen molar-refractivity contribution in [2.24, 2.45) is 0 Å². The Hall–Kier alpha value is -2.85. The summed E-state index contributed by atoms with van der Waals surface area (Å²) in [6.07, 6.45) is 2.91. The second-order valence-corrected chi connectivity index (χ2v) is 5.32. The first kappa shape index (κ1) is 15.1. The fourth-order valence-electron chi connectivity index (χ4n) is 2.19. The molecule has 0 aliphatic carbocycles. The van der Waals surface area contributed by atoms with E-state index in [1.165, 1.54) is 18.2 Å². The quantitative estimate of drug-likeness (QED) is 0.448. The van der Waals surface area contributed by atoms with Crippen molar-refractivity contribution in [2.75, 3.05) is 0 Å². The van der Waals surface area contributed by atoms with Crippen LogP contribution in [0.5, 0.6) is 5.75 Å². The summed E-state index contributed by atoms with van der Waals surface area (Å²) in [6.45, 7) is 0. The molecular weight excluding hydrogens is 316 g/mol. The normalized spacial score (nSPS) is 11.2. The van der Waals surface area contributed by atoms with E-state index in [1.54, 1.807) is 42.5 Å². The maximum atomic E-state index is 12.4. The minimum Gasteiger partial charge on any atom is -0.507 e. The van der Waals surface area contributed by atoms with E-state index in [1.807, 2.05) is 0 Å². The van der Waals surface area contributed by atoms with Crippen LogP contribution in [0.15, 0.2) is 63.8 Å². The molecule has 0 aliphatic heterocycles. The first-order valence-electron chi connectivity index (χ1n) is 6.78. The molecule has 1 aromatic heterocycles. The number of hydrogen-bond acceptors (Lipinski definition) is 4. The average molecular weight is 327 g/mol. The number of rotatable bonds is 3. The molecule has 0 spiro atoms. The van der Waals surface area contributed by atoms with E-state index in [0.29, 0.717) is 10.4 Å². The molecule has 3 rings (SSSR count). The Morgan fingerprint density at radius 2 is 1.74 bits per heavy atom. The van der Waals surface area contributed by atoms with Crippen molar-refractivity contribution in [1.29, 1.82) is 0 Å². The van der Waals surface area contributed by atoms with Gasteiger partial charge in [-0.1, -0.05) is 29.8 Å². The Balaban J connectivity index is 2.03. The lowest BCUT2D eigenvalue weighted by Gasteiger charge is -2.04. The molecule has 23 heavy (non-hydrogen) atoms. The smallest absolute Gasteiger partial charge is 0.336 e. The number of allylic oxidation sites excluding steroid dienone is 1. The number of phenols is 1. The highest BCUT2D eigenvalue weighted by molar-refractivity contribution is 6.30. The molecule has 0 atom stereocenters. The van der Waals surface area contributed by atoms with Gasteiger partial charge < -0.3 is 9.52 Å². The number of carbonyl (C=O) groups excluding carboxylic acids is 1. The molecule has 0 bridgehead atoms. The first-order valence-corrected chi connectivity index (χ1v) is 7.16. The first-order chi connectivity index (χ1) is 11.0. The number of aromatic hydroxyl groups is 1. The third kappa shape index (κ3) is 3.17. The van der Waals surface area contributed by atoms with Crippen molar-refractivity contribution in [2.45, 2.75) is 0 Å². The van der Waals surface area contributed by atoms with Gasteiger partial charge in [0.1, 0.15) is 11.3 Å². The van der Waals surface area contributed by atoms with Crippen molar-refractivity contribution in [3.8, 4) is 5.75 Å². The lowest BCUT2D eigenvalue weighted by Crippen LogP contribution is -2.01. The Kier molecular flexibility index (Phi) is 4.00. The van der Waals surface area contributed by atoms with Gasteiger partial charge in [0.15, 0.2) is 11.4 Å². The standard InChI is InChI=1S/C18H11ClO4/c19-13-6-1-11(2-7-13)3-8-14(20)17-15(21)9-4-12-5-10-16(22)23-18(12)17/h1-10,21H/b8-3+. The monoisotopic (exact) mass is 326 g/mol. The van der Waals surface area contributed by atoms with Crippen LogP contribution in [-0.2, 0) is 0 Å². The third-order valence-electron chi connectivity index (χ3n) is 3.31. The van der Waals surface area contributed by atoms with Gasteiger partial charge in [-0.25, -0.2) is 4.79 Å². The fraction of sp³-hybridized carbons (Fsp3) is 0. The van der Waals surface area contributed by atoms with Gasteiger partial charge in [0, 0.05) is 16.5 Å². The number of ketones is 1. The number of benzene rings is 2. The summed E-state index contributed by atoms with van der Waals surface area (Å²) in [7, 11) is 0. The average Bonchev–Trinajstić information content (AvgIpc) is 2.54. The largest absolute Gasteiger partial charge is 0.507 e. The van der Waals surface area contributed by atoms with Crippen molar-refractivity contribution < 1.29 is 14.3 Å². The van der Waals surface area contributed by atoms with E-state index in [-0.39, 0.29) is 16.9 Å². The molecule has 2 aromatic carbocycles. The summed E-state index contributed by atoms with van der Waals surface area (Å²) in [5.74, 6) is -0.699. The minimum atomic E-state index is -0.584. The second kappa shape index (κ2) is 6.10. The lowest BCUT2D eigenvalue weighted by molar-refractivity contribution is 0.104. The van der Waals surface area contributed by atoms with Crippen LogP contribution < -0.4 is 5.63 Å². The summed E-state index contributed by atoms with van der Waals surface area (Å²) in [4.78, 5) is 23.8. The van der Waals surface area contributed by atoms with Crippen LogP contribution in [0, 0.1) is 0 Å². The lowest BCUT2D eigenvalue weighted by atomic mass is 10.0. The van der Waals surface area contributed by atoms with E-state index in [4.69, 9.17) is 16.0 Å². The minimum absolute atomic E-state index is 0.0367. The van der Waals surface area contributed by atoms with Crippen LogP contribution in [0.1, 0.15) is 15.9 Å². The van der Waals surface area contributed by atoms with Crippen LogP contribution in [0.4, 0.5) is 0 Å². The summed E-state index contributed by atoms with van der Waals surface area (Å²) < 4.78 is 5.07. The van der Waals surface area contributed by atoms with Gasteiger partial charge in [0.2, 0.25) is 0 Å². The number of phenolic OH excluding ortho intramolecular Hbond substituents is 1. The highest BCUT2D eigenvalue weighted by atomic mass is 35.5. The van der Waals surface area contributed by atoms with Crippen LogP contribution in [-0.4, -0.2) is 10.9 Å². The van der Waals surface area contributed by atoms with Crippen LogP contribution >= 0.6 is 11.6 Å². The van der Waals surface area contributed by atoms with Crippen molar-refractivity contribution in [3.63, 3.8) is 0 Å². The van der Waals surface area contributed by atoms with Crippen LogP contribution in [0.3, 0.4) is 0 Å². The topological polar surface area (TPSA) is 67.5 Å². The predicted octanol–water partition coefficient (Wildman–Crippen LogP) is 4.05. The molecular formula is C18H11ClO4. The zero-order valence-corrected chi connectivity index (χ0v) is 12.6. The van der Waals surface area contributed by atoms with Crippen molar-refractivity contribution in [3.05, 3.63) is 81.2 Å². The maximum absolute atomic E-state index is 12.4. The SMILES string of the molecule is O=C(/C=C/c1ccc(Cl)cc1)c1c(O)ccc2ccc(=O)oc12. The predicted molar refractivity (Wildman–Crippen MR) is 89.0 cm³/mol. The number of carbonyl (C=O) groups is 1. The molecule has 1 heterocycles. The molecule has 0 unspecified atom stereocenters. The molecule has 5 heteroatoms. The zero-order valence-electron chi connectivity index (χ0n) is 11.8. The molecule has 0 amide bonds. The van der Waals surface area contributed by atoms with Crippen LogP contribution in [0.25, 0.3) is 17.0 Å². The Morgan fingerprint density at radius 3 is 2.48 bits per heavy atom. The molecule has 0 fully saturated rings. The van der Waals surface area contributed by atoms with E-state index in [9.17, 15) is 14.7 Å². The summed E-state index contributed by atoms with van der Waals surface area (Å²) in [6, 6.07) is 12.7. The molecule has 114 valence electrons. The molecule has 1 N–H and O–H groups in total. The van der Waals surface area contributed by atoms with E-state index >= 15 is 0 Å². The summed E-state index contributed by atoms with van der Waals surface area (Å²) in [5.41, 5.74) is 0.233. The van der Waals surface area contributed by atoms with Gasteiger partial charge in [-0.15, -0.1) is 0 Å². The Morgan fingerprint density at radius 1 is 1.04 bits per heavy atom. The maximum Gasteiger partial charge on any atom is 0.336 e. The molecule has 4 nitrogen and oxygen atoms in total. The molecule has 3 aromatic rings. The van der Waals surface area contributed by atoms with E-state index in [2.05, 4.69) is 0 Å².